The van der Waals surface area contributed by atoms with Crippen LogP contribution in [0, 0.1) is 5.82 Å². The van der Waals surface area contributed by atoms with Crippen LogP contribution in [0.5, 0.6) is 11.5 Å². The third kappa shape index (κ3) is 5.51. The smallest absolute Gasteiger partial charge is 0.345 e. The van der Waals surface area contributed by atoms with Crippen LogP contribution in [0.25, 0.3) is 6.08 Å². The zero-order chi connectivity index (χ0) is 25.1. The van der Waals surface area contributed by atoms with E-state index in [-0.39, 0.29) is 38.6 Å². The molecule has 1 aliphatic heterocycles. The first-order valence-electron chi connectivity index (χ1n) is 10.1. The lowest BCUT2D eigenvalue weighted by Gasteiger charge is -2.13. The molecule has 4 rings (SSSR count). The quantitative estimate of drug-likeness (QED) is 0.203. The lowest BCUT2D eigenvalue weighted by atomic mass is 10.1. The normalized spacial score (nSPS) is 14.5. The van der Waals surface area contributed by atoms with Gasteiger partial charge in [-0.25, -0.2) is 9.18 Å². The van der Waals surface area contributed by atoms with Crippen molar-refractivity contribution in [2.45, 2.75) is 6.54 Å². The molecule has 0 N–H and O–H groups in total. The molecule has 3 aromatic carbocycles. The molecule has 0 spiro atoms. The van der Waals surface area contributed by atoms with Crippen molar-refractivity contribution in [2.24, 2.45) is 0 Å². The molecule has 1 heterocycles. The Morgan fingerprint density at radius 3 is 2.51 bits per heavy atom. The van der Waals surface area contributed by atoms with Gasteiger partial charge in [-0.05, 0) is 65.4 Å². The van der Waals surface area contributed by atoms with Gasteiger partial charge in [0.25, 0.3) is 11.1 Å². The Morgan fingerprint density at radius 2 is 1.80 bits per heavy atom. The Morgan fingerprint density at radius 1 is 1.03 bits per heavy atom. The van der Waals surface area contributed by atoms with Crippen molar-refractivity contribution in [3.8, 4) is 11.5 Å². The van der Waals surface area contributed by atoms with Gasteiger partial charge in [0.15, 0.2) is 11.5 Å². The summed E-state index contributed by atoms with van der Waals surface area (Å²) in [7, 11) is 1.41. The number of halogens is 3. The van der Waals surface area contributed by atoms with E-state index in [2.05, 4.69) is 0 Å². The molecule has 35 heavy (non-hydrogen) atoms. The molecule has 0 radical (unpaired) electrons. The molecule has 6 nitrogen and oxygen atoms in total. The molecule has 178 valence electrons. The monoisotopic (exact) mass is 531 g/mol. The van der Waals surface area contributed by atoms with Crippen LogP contribution in [-0.2, 0) is 11.3 Å². The summed E-state index contributed by atoms with van der Waals surface area (Å²) in [5.74, 6) is -1.26. The molecule has 0 aromatic heterocycles. The SMILES string of the molecule is COc1cc(/C=C2\SC(=O)N(Cc3ccc(F)cc3Cl)C2=O)ccc1OC(=O)c1ccccc1Cl. The van der Waals surface area contributed by atoms with Crippen LogP contribution < -0.4 is 9.47 Å². The van der Waals surface area contributed by atoms with Crippen LogP contribution in [0.15, 0.2) is 65.6 Å². The highest BCUT2D eigenvalue weighted by molar-refractivity contribution is 8.18. The highest BCUT2D eigenvalue weighted by Crippen LogP contribution is 2.36. The second-order valence-corrected chi connectivity index (χ2v) is 9.09. The van der Waals surface area contributed by atoms with Crippen LogP contribution >= 0.6 is 35.0 Å². The molecular formula is C25H16Cl2FNO5S. The van der Waals surface area contributed by atoms with E-state index in [9.17, 15) is 18.8 Å². The molecule has 1 saturated heterocycles. The molecule has 1 aliphatic rings. The summed E-state index contributed by atoms with van der Waals surface area (Å²) in [5, 5.41) is -0.0932. The van der Waals surface area contributed by atoms with Crippen molar-refractivity contribution in [2.75, 3.05) is 7.11 Å². The van der Waals surface area contributed by atoms with Gasteiger partial charge in [0.2, 0.25) is 0 Å². The second kappa shape index (κ2) is 10.5. The summed E-state index contributed by atoms with van der Waals surface area (Å²) in [6.45, 7) is -0.0820. The summed E-state index contributed by atoms with van der Waals surface area (Å²) >= 11 is 12.9. The van der Waals surface area contributed by atoms with Crippen LogP contribution in [0.2, 0.25) is 10.0 Å². The van der Waals surface area contributed by atoms with E-state index in [1.165, 1.54) is 31.4 Å². The Bertz CT molecular complexity index is 1380. The van der Waals surface area contributed by atoms with Gasteiger partial charge in [0.05, 0.1) is 29.1 Å². The lowest BCUT2D eigenvalue weighted by molar-refractivity contribution is -0.123. The van der Waals surface area contributed by atoms with Gasteiger partial charge >= 0.3 is 5.97 Å². The van der Waals surface area contributed by atoms with Gasteiger partial charge in [0.1, 0.15) is 5.82 Å². The maximum absolute atomic E-state index is 13.3. The van der Waals surface area contributed by atoms with Crippen molar-refractivity contribution in [3.05, 3.63) is 98.1 Å². The van der Waals surface area contributed by atoms with Crippen LogP contribution in [0.4, 0.5) is 9.18 Å². The fraction of sp³-hybridized carbons (Fsp3) is 0.0800. The number of hydrogen-bond donors (Lipinski definition) is 0. The number of imide groups is 1. The van der Waals surface area contributed by atoms with E-state index >= 15 is 0 Å². The number of rotatable bonds is 6. The summed E-state index contributed by atoms with van der Waals surface area (Å²) in [5.41, 5.74) is 1.20. The van der Waals surface area contributed by atoms with Crippen molar-refractivity contribution in [3.63, 3.8) is 0 Å². The van der Waals surface area contributed by atoms with E-state index < -0.39 is 22.9 Å². The maximum Gasteiger partial charge on any atom is 0.345 e. The van der Waals surface area contributed by atoms with Crippen LogP contribution in [0.3, 0.4) is 0 Å². The zero-order valence-corrected chi connectivity index (χ0v) is 20.4. The van der Waals surface area contributed by atoms with E-state index in [1.807, 2.05) is 0 Å². The molecule has 0 bridgehead atoms. The van der Waals surface area contributed by atoms with Gasteiger partial charge in [0, 0.05) is 5.02 Å². The first-order valence-corrected chi connectivity index (χ1v) is 11.7. The highest BCUT2D eigenvalue weighted by atomic mass is 35.5. The minimum Gasteiger partial charge on any atom is -0.493 e. The van der Waals surface area contributed by atoms with E-state index in [1.54, 1.807) is 36.4 Å². The second-order valence-electron chi connectivity index (χ2n) is 7.28. The predicted octanol–water partition coefficient (Wildman–Crippen LogP) is 6.60. The number of esters is 1. The number of nitrogens with zero attached hydrogens (tertiary/aromatic N) is 1. The summed E-state index contributed by atoms with van der Waals surface area (Å²) < 4.78 is 24.1. The summed E-state index contributed by atoms with van der Waals surface area (Å²) in [4.78, 5) is 39.0. The Labute approximate surface area is 214 Å². The third-order valence-electron chi connectivity index (χ3n) is 5.00. The van der Waals surface area contributed by atoms with E-state index in [0.717, 1.165) is 22.7 Å². The van der Waals surface area contributed by atoms with E-state index in [0.29, 0.717) is 11.1 Å². The molecule has 1 fully saturated rings. The fourth-order valence-corrected chi connectivity index (χ4v) is 4.53. The predicted molar refractivity (Wildman–Crippen MR) is 132 cm³/mol. The number of hydrogen-bond acceptors (Lipinski definition) is 6. The fourth-order valence-electron chi connectivity index (χ4n) is 3.25. The number of carbonyl (C=O) groups is 3. The number of carbonyl (C=O) groups excluding carboxylic acids is 3. The summed E-state index contributed by atoms with van der Waals surface area (Å²) in [6.07, 6.45) is 1.53. The molecule has 0 aliphatic carbocycles. The molecule has 2 amide bonds. The number of thioether (sulfide) groups is 1. The Balaban J connectivity index is 1.53. The Hall–Kier alpha value is -3.33. The first kappa shape index (κ1) is 24.8. The highest BCUT2D eigenvalue weighted by Gasteiger charge is 2.35. The maximum atomic E-state index is 13.3. The van der Waals surface area contributed by atoms with Gasteiger partial charge in [-0.3, -0.25) is 14.5 Å². The average molecular weight is 532 g/mol. The minimum atomic E-state index is -0.651. The molecule has 0 atom stereocenters. The third-order valence-corrected chi connectivity index (χ3v) is 6.59. The number of benzene rings is 3. The first-order chi connectivity index (χ1) is 16.8. The van der Waals surface area contributed by atoms with Gasteiger partial charge in [-0.2, -0.15) is 0 Å². The van der Waals surface area contributed by atoms with E-state index in [4.69, 9.17) is 32.7 Å². The largest absolute Gasteiger partial charge is 0.493 e. The van der Waals surface area contributed by atoms with Crippen molar-refractivity contribution >= 4 is 58.2 Å². The average Bonchev–Trinajstić information content (AvgIpc) is 3.09. The standard InChI is InChI=1S/C25H16Cl2FNO5S/c1-33-21-10-14(6-9-20(21)34-24(31)17-4-2-3-5-18(17)26)11-22-23(30)29(25(32)35-22)13-15-7-8-16(28)12-19(15)27/h2-12H,13H2,1H3/b22-11-. The zero-order valence-electron chi connectivity index (χ0n) is 18.1. The molecule has 10 heteroatoms. The van der Waals surface area contributed by atoms with Crippen molar-refractivity contribution < 1.29 is 28.2 Å². The number of ether oxygens (including phenoxy) is 2. The molecule has 0 saturated carbocycles. The van der Waals surface area contributed by atoms with Gasteiger partial charge in [-0.1, -0.05) is 47.5 Å². The molecule has 0 unspecified atom stereocenters. The van der Waals surface area contributed by atoms with Crippen LogP contribution in [-0.4, -0.2) is 29.1 Å². The van der Waals surface area contributed by atoms with Gasteiger partial charge in [-0.15, -0.1) is 0 Å². The molecule has 3 aromatic rings. The number of methoxy groups -OCH3 is 1. The topological polar surface area (TPSA) is 72.9 Å². The lowest BCUT2D eigenvalue weighted by Crippen LogP contribution is -2.27. The van der Waals surface area contributed by atoms with Crippen LogP contribution in [0.1, 0.15) is 21.5 Å². The minimum absolute atomic E-state index is 0.0820. The van der Waals surface area contributed by atoms with Crippen molar-refractivity contribution in [1.82, 2.24) is 4.90 Å². The van der Waals surface area contributed by atoms with Crippen molar-refractivity contribution in [1.29, 1.82) is 0 Å². The summed E-state index contributed by atoms with van der Waals surface area (Å²) in [6, 6.07) is 14.9. The van der Waals surface area contributed by atoms with Gasteiger partial charge < -0.3 is 9.47 Å². The molecular weight excluding hydrogens is 516 g/mol. The Kier molecular flexibility index (Phi) is 7.45. The number of amides is 2.